The Balaban J connectivity index is 2.86. The summed E-state index contributed by atoms with van der Waals surface area (Å²) in [5.74, 6) is 0.0708. The van der Waals surface area contributed by atoms with Crippen LogP contribution in [0, 0.1) is 10.1 Å². The zero-order chi connectivity index (χ0) is 14.3. The van der Waals surface area contributed by atoms with Gasteiger partial charge in [0.2, 0.25) is 0 Å². The average Bonchev–Trinajstić information content (AvgIpc) is 2.42. The highest BCUT2D eigenvalue weighted by Gasteiger charge is 2.11. The summed E-state index contributed by atoms with van der Waals surface area (Å²) in [6.45, 7) is 0.448. The van der Waals surface area contributed by atoms with Gasteiger partial charge >= 0.3 is 0 Å². The quantitative estimate of drug-likeness (QED) is 0.323. The molecule has 0 aromatic heterocycles. The lowest BCUT2D eigenvalue weighted by atomic mass is 10.2. The molecule has 0 heterocycles. The van der Waals surface area contributed by atoms with Gasteiger partial charge in [-0.1, -0.05) is 0 Å². The number of aliphatic hydroxyl groups is 2. The van der Waals surface area contributed by atoms with E-state index >= 15 is 0 Å². The molecule has 0 saturated heterocycles. The van der Waals surface area contributed by atoms with E-state index in [2.05, 4.69) is 10.6 Å². The number of rotatable bonds is 8. The largest absolute Gasteiger partial charge is 0.395 e. The van der Waals surface area contributed by atoms with Gasteiger partial charge in [-0.2, -0.15) is 0 Å². The SMILES string of the molecule is O=[N+]([O-])c1ccc(NCCO)c(NCC(O)CCl)c1. The highest BCUT2D eigenvalue weighted by atomic mass is 35.5. The van der Waals surface area contributed by atoms with Gasteiger partial charge < -0.3 is 20.8 Å². The average molecular weight is 290 g/mol. The zero-order valence-corrected chi connectivity index (χ0v) is 10.9. The first-order valence-corrected chi connectivity index (χ1v) is 6.23. The molecule has 1 aromatic carbocycles. The number of benzene rings is 1. The summed E-state index contributed by atoms with van der Waals surface area (Å²) in [5.41, 5.74) is 1.03. The van der Waals surface area contributed by atoms with E-state index in [0.717, 1.165) is 0 Å². The Labute approximate surface area is 115 Å². The molecule has 0 amide bonds. The van der Waals surface area contributed by atoms with Gasteiger partial charge in [0.25, 0.3) is 5.69 Å². The fraction of sp³-hybridized carbons (Fsp3) is 0.455. The predicted molar refractivity (Wildman–Crippen MR) is 73.9 cm³/mol. The summed E-state index contributed by atoms with van der Waals surface area (Å²) >= 11 is 5.48. The molecule has 1 aromatic rings. The van der Waals surface area contributed by atoms with Crippen molar-refractivity contribution in [2.24, 2.45) is 0 Å². The van der Waals surface area contributed by atoms with Gasteiger partial charge in [-0.05, 0) is 6.07 Å². The van der Waals surface area contributed by atoms with Crippen molar-refractivity contribution in [3.05, 3.63) is 28.3 Å². The number of anilines is 2. The van der Waals surface area contributed by atoms with Crippen LogP contribution in [-0.4, -0.2) is 46.8 Å². The maximum absolute atomic E-state index is 10.7. The molecular formula is C11H16ClN3O4. The molecule has 0 spiro atoms. The van der Waals surface area contributed by atoms with Crippen molar-refractivity contribution in [3.8, 4) is 0 Å². The van der Waals surface area contributed by atoms with Crippen molar-refractivity contribution in [1.82, 2.24) is 0 Å². The number of alkyl halides is 1. The van der Waals surface area contributed by atoms with E-state index in [1.165, 1.54) is 12.1 Å². The molecule has 0 aliphatic rings. The summed E-state index contributed by atoms with van der Waals surface area (Å²) in [6.07, 6.45) is -0.744. The van der Waals surface area contributed by atoms with Crippen LogP contribution in [0.1, 0.15) is 0 Å². The molecule has 1 rings (SSSR count). The Morgan fingerprint density at radius 1 is 1.37 bits per heavy atom. The number of hydrogen-bond acceptors (Lipinski definition) is 6. The summed E-state index contributed by atoms with van der Waals surface area (Å²) in [7, 11) is 0. The van der Waals surface area contributed by atoms with Crippen LogP contribution >= 0.6 is 11.6 Å². The van der Waals surface area contributed by atoms with Gasteiger partial charge in [0.05, 0.1) is 34.9 Å². The highest BCUT2D eigenvalue weighted by molar-refractivity contribution is 6.18. The van der Waals surface area contributed by atoms with Crippen LogP contribution in [0.3, 0.4) is 0 Å². The summed E-state index contributed by atoms with van der Waals surface area (Å²) < 4.78 is 0. The van der Waals surface area contributed by atoms with Crippen LogP contribution in [0.5, 0.6) is 0 Å². The molecule has 1 unspecified atom stereocenters. The second kappa shape index (κ2) is 7.78. The fourth-order valence-electron chi connectivity index (χ4n) is 1.42. The number of hydrogen-bond donors (Lipinski definition) is 4. The van der Waals surface area contributed by atoms with Crippen LogP contribution in [0.2, 0.25) is 0 Å². The molecule has 0 radical (unpaired) electrons. The molecular weight excluding hydrogens is 274 g/mol. The minimum atomic E-state index is -0.744. The Morgan fingerprint density at radius 2 is 2.11 bits per heavy atom. The molecule has 0 saturated carbocycles. The molecule has 0 bridgehead atoms. The fourth-order valence-corrected chi connectivity index (χ4v) is 1.53. The van der Waals surface area contributed by atoms with Gasteiger partial charge in [0.15, 0.2) is 0 Å². The monoisotopic (exact) mass is 289 g/mol. The Hall–Kier alpha value is -1.57. The lowest BCUT2D eigenvalue weighted by Gasteiger charge is -2.15. The first kappa shape index (κ1) is 15.5. The van der Waals surface area contributed by atoms with E-state index in [4.69, 9.17) is 16.7 Å². The first-order valence-electron chi connectivity index (χ1n) is 5.69. The second-order valence-corrected chi connectivity index (χ2v) is 4.14. The van der Waals surface area contributed by atoms with Crippen LogP contribution in [-0.2, 0) is 0 Å². The van der Waals surface area contributed by atoms with Crippen LogP contribution < -0.4 is 10.6 Å². The number of aliphatic hydroxyl groups excluding tert-OH is 2. The second-order valence-electron chi connectivity index (χ2n) is 3.83. The standard InChI is InChI=1S/C11H16ClN3O4/c12-6-9(17)7-14-11-5-8(15(18)19)1-2-10(11)13-3-4-16/h1-2,5,9,13-14,16-17H,3-4,6-7H2. The molecule has 0 aliphatic heterocycles. The van der Waals surface area contributed by atoms with E-state index in [-0.39, 0.29) is 24.7 Å². The Kier molecular flexibility index (Phi) is 6.34. The van der Waals surface area contributed by atoms with E-state index in [1.807, 2.05) is 0 Å². The first-order chi connectivity index (χ1) is 9.08. The predicted octanol–water partition coefficient (Wildman–Crippen LogP) is 1.01. The third-order valence-electron chi connectivity index (χ3n) is 2.35. The highest BCUT2D eigenvalue weighted by Crippen LogP contribution is 2.26. The molecule has 0 fully saturated rings. The summed E-state index contributed by atoms with van der Waals surface area (Å²) in [4.78, 5) is 10.2. The number of non-ortho nitro benzene ring substituents is 1. The number of halogens is 1. The van der Waals surface area contributed by atoms with Crippen molar-refractivity contribution in [3.63, 3.8) is 0 Å². The molecule has 106 valence electrons. The lowest BCUT2D eigenvalue weighted by molar-refractivity contribution is -0.384. The van der Waals surface area contributed by atoms with Crippen LogP contribution in [0.4, 0.5) is 17.1 Å². The third kappa shape index (κ3) is 4.90. The van der Waals surface area contributed by atoms with E-state index < -0.39 is 11.0 Å². The minimum Gasteiger partial charge on any atom is -0.395 e. The van der Waals surface area contributed by atoms with Crippen molar-refractivity contribution in [2.75, 3.05) is 36.2 Å². The van der Waals surface area contributed by atoms with Gasteiger partial charge in [0.1, 0.15) is 0 Å². The maximum atomic E-state index is 10.7. The topological polar surface area (TPSA) is 108 Å². The zero-order valence-electron chi connectivity index (χ0n) is 10.2. The van der Waals surface area contributed by atoms with Crippen LogP contribution in [0.15, 0.2) is 18.2 Å². The van der Waals surface area contributed by atoms with Crippen molar-refractivity contribution in [1.29, 1.82) is 0 Å². The molecule has 4 N–H and O–H groups in total. The molecule has 0 aliphatic carbocycles. The number of nitrogens with zero attached hydrogens (tertiary/aromatic N) is 1. The molecule has 19 heavy (non-hydrogen) atoms. The van der Waals surface area contributed by atoms with Crippen molar-refractivity contribution < 1.29 is 15.1 Å². The van der Waals surface area contributed by atoms with E-state index in [1.54, 1.807) is 6.07 Å². The molecule has 8 heteroatoms. The van der Waals surface area contributed by atoms with Crippen molar-refractivity contribution in [2.45, 2.75) is 6.10 Å². The smallest absolute Gasteiger partial charge is 0.271 e. The number of nitro benzene ring substituents is 1. The third-order valence-corrected chi connectivity index (χ3v) is 2.70. The van der Waals surface area contributed by atoms with E-state index in [0.29, 0.717) is 17.9 Å². The maximum Gasteiger partial charge on any atom is 0.271 e. The van der Waals surface area contributed by atoms with Gasteiger partial charge in [-0.15, -0.1) is 11.6 Å². The van der Waals surface area contributed by atoms with Gasteiger partial charge in [-0.3, -0.25) is 10.1 Å². The number of nitrogens with one attached hydrogen (secondary N) is 2. The van der Waals surface area contributed by atoms with Gasteiger partial charge in [-0.25, -0.2) is 0 Å². The molecule has 7 nitrogen and oxygen atoms in total. The normalized spacial score (nSPS) is 11.9. The lowest BCUT2D eigenvalue weighted by Crippen LogP contribution is -2.21. The summed E-state index contributed by atoms with van der Waals surface area (Å²) in [5, 5.41) is 34.7. The van der Waals surface area contributed by atoms with Crippen LogP contribution in [0.25, 0.3) is 0 Å². The van der Waals surface area contributed by atoms with Gasteiger partial charge in [0, 0.05) is 25.2 Å². The number of nitro groups is 1. The minimum absolute atomic E-state index is 0.0548. The van der Waals surface area contributed by atoms with E-state index in [9.17, 15) is 15.2 Å². The molecule has 1 atom stereocenters. The Morgan fingerprint density at radius 3 is 2.68 bits per heavy atom. The van der Waals surface area contributed by atoms with Crippen molar-refractivity contribution >= 4 is 28.7 Å². The summed E-state index contributed by atoms with van der Waals surface area (Å²) in [6, 6.07) is 4.27. The Bertz CT molecular complexity index is 430.